The zero-order valence-corrected chi connectivity index (χ0v) is 5.16. The first-order chi connectivity index (χ1) is 3.56. The Balaban J connectivity index is 3.89. The van der Waals surface area contributed by atoms with Crippen LogP contribution in [0.4, 0.5) is 0 Å². The minimum Gasteiger partial charge on any atom is -0.228 e. The molecule has 0 spiro atoms. The van der Waals surface area contributed by atoms with E-state index >= 15 is 0 Å². The van der Waals surface area contributed by atoms with E-state index in [1.807, 2.05) is 5.92 Å². The molecule has 0 bridgehead atoms. The van der Waals surface area contributed by atoms with Gasteiger partial charge in [0.15, 0.2) is 15.9 Å². The fraction of sp³-hybridized carbons (Fsp3) is 0.500. The molecule has 0 amide bonds. The number of rotatable bonds is 1. The summed E-state index contributed by atoms with van der Waals surface area (Å²) < 4.78 is 20.3. The molecule has 0 aliphatic rings. The predicted octanol–water partition coefficient (Wildman–Crippen LogP) is -0.578. The molecule has 0 rings (SSSR count). The van der Waals surface area contributed by atoms with Gasteiger partial charge in [0.25, 0.3) is 0 Å². The van der Waals surface area contributed by atoms with Crippen LogP contribution in [-0.4, -0.2) is 20.4 Å². The van der Waals surface area contributed by atoms with Crippen LogP contribution in [0.1, 0.15) is 0 Å². The average molecular weight is 133 g/mol. The molecule has 0 fully saturated rings. The lowest BCUT2D eigenvalue weighted by Crippen LogP contribution is -1.99. The third-order valence-corrected chi connectivity index (χ3v) is 1.08. The second-order valence-corrected chi connectivity index (χ2v) is 3.49. The van der Waals surface area contributed by atoms with E-state index in [2.05, 4.69) is 0 Å². The van der Waals surface area contributed by atoms with Crippen LogP contribution in [0.15, 0.2) is 0 Å². The lowest BCUT2D eigenvalue weighted by Gasteiger charge is -1.81. The molecular formula is C4H5O3S. The Bertz CT molecular complexity index is 203. The van der Waals surface area contributed by atoms with Crippen molar-refractivity contribution in [2.24, 2.45) is 0 Å². The molecular weight excluding hydrogens is 128 g/mol. The molecule has 4 heteroatoms. The van der Waals surface area contributed by atoms with Crippen molar-refractivity contribution in [3.8, 4) is 12.0 Å². The van der Waals surface area contributed by atoms with Crippen LogP contribution in [0.2, 0.25) is 0 Å². The minimum atomic E-state index is -3.06. The smallest absolute Gasteiger partial charge is 0.173 e. The molecule has 0 N–H and O–H groups in total. The lowest BCUT2D eigenvalue weighted by molar-refractivity contribution is 0.391. The highest BCUT2D eigenvalue weighted by atomic mass is 32.2. The van der Waals surface area contributed by atoms with Gasteiger partial charge in [-0.1, -0.05) is 0 Å². The van der Waals surface area contributed by atoms with E-state index in [0.29, 0.717) is 0 Å². The average Bonchev–Trinajstić information content (AvgIpc) is 1.59. The van der Waals surface area contributed by atoms with Crippen molar-refractivity contribution in [2.45, 2.75) is 0 Å². The van der Waals surface area contributed by atoms with Crippen LogP contribution in [-0.2, 0) is 14.9 Å². The van der Waals surface area contributed by atoms with E-state index in [-0.39, 0.29) is 5.75 Å². The van der Waals surface area contributed by atoms with Gasteiger partial charge in [-0.05, 0) is 5.92 Å². The molecule has 0 atom stereocenters. The molecule has 0 aromatic carbocycles. The molecule has 0 aromatic heterocycles. The standard InChI is InChI=1S/C4H5O3S/c1-8(6,7)4-2-3-5/h4H2,1H3. The third-order valence-electron chi connectivity index (χ3n) is 0.407. The molecule has 0 saturated heterocycles. The summed E-state index contributed by atoms with van der Waals surface area (Å²) in [5.41, 5.74) is 0. The monoisotopic (exact) mass is 133 g/mol. The number of hydrogen-bond acceptors (Lipinski definition) is 2. The van der Waals surface area contributed by atoms with Crippen molar-refractivity contribution in [3.63, 3.8) is 0 Å². The fourth-order valence-electron chi connectivity index (χ4n) is 0.161. The second kappa shape index (κ2) is 2.58. The van der Waals surface area contributed by atoms with Crippen molar-refractivity contribution in [2.75, 3.05) is 12.0 Å². The van der Waals surface area contributed by atoms with Crippen LogP contribution >= 0.6 is 0 Å². The van der Waals surface area contributed by atoms with Gasteiger partial charge in [0.2, 0.25) is 0 Å². The topological polar surface area (TPSA) is 54.0 Å². The molecule has 8 heavy (non-hydrogen) atoms. The quantitative estimate of drug-likeness (QED) is 0.449. The van der Waals surface area contributed by atoms with Gasteiger partial charge >= 0.3 is 0 Å². The van der Waals surface area contributed by atoms with E-state index in [1.165, 1.54) is 6.11 Å². The SMILES string of the molecule is CS(=O)(=O)CC#C[O]. The highest BCUT2D eigenvalue weighted by Crippen LogP contribution is 1.76. The Morgan fingerprint density at radius 1 is 1.50 bits per heavy atom. The summed E-state index contributed by atoms with van der Waals surface area (Å²) in [6, 6.07) is 0. The van der Waals surface area contributed by atoms with Crippen molar-refractivity contribution in [3.05, 3.63) is 0 Å². The molecule has 0 heterocycles. The summed E-state index contributed by atoms with van der Waals surface area (Å²) in [5.74, 6) is 1.56. The van der Waals surface area contributed by atoms with Gasteiger partial charge in [-0.25, -0.2) is 13.5 Å². The van der Waals surface area contributed by atoms with Crippen molar-refractivity contribution in [1.29, 1.82) is 0 Å². The molecule has 0 aliphatic heterocycles. The molecule has 1 radical (unpaired) electrons. The maximum absolute atomic E-state index is 10.1. The maximum atomic E-state index is 10.1. The maximum Gasteiger partial charge on any atom is 0.173 e. The van der Waals surface area contributed by atoms with E-state index in [1.54, 1.807) is 0 Å². The molecule has 0 aliphatic carbocycles. The van der Waals surface area contributed by atoms with Gasteiger partial charge in [0.05, 0.1) is 0 Å². The summed E-state index contributed by atoms with van der Waals surface area (Å²) in [6.07, 6.45) is 2.27. The highest BCUT2D eigenvalue weighted by molar-refractivity contribution is 7.90. The Morgan fingerprint density at radius 3 is 2.12 bits per heavy atom. The molecule has 0 aromatic rings. The first-order valence-electron chi connectivity index (χ1n) is 1.84. The number of sulfone groups is 1. The van der Waals surface area contributed by atoms with Gasteiger partial charge in [0, 0.05) is 6.26 Å². The van der Waals surface area contributed by atoms with Gasteiger partial charge < -0.3 is 0 Å². The summed E-state index contributed by atoms with van der Waals surface area (Å²) in [6.45, 7) is 0. The summed E-state index contributed by atoms with van der Waals surface area (Å²) >= 11 is 0. The van der Waals surface area contributed by atoms with Crippen LogP contribution in [0.25, 0.3) is 0 Å². The Labute approximate surface area is 48.3 Å². The Kier molecular flexibility index (Phi) is 2.35. The largest absolute Gasteiger partial charge is 0.228 e. The second-order valence-electron chi connectivity index (χ2n) is 1.35. The molecule has 0 unspecified atom stereocenters. The van der Waals surface area contributed by atoms with Gasteiger partial charge in [-0.15, -0.1) is 0 Å². The number of hydrogen-bond donors (Lipinski definition) is 0. The zero-order valence-electron chi connectivity index (χ0n) is 4.34. The van der Waals surface area contributed by atoms with Crippen LogP contribution < -0.4 is 0 Å². The highest BCUT2D eigenvalue weighted by Gasteiger charge is 1.95. The predicted molar refractivity (Wildman–Crippen MR) is 28.2 cm³/mol. The summed E-state index contributed by atoms with van der Waals surface area (Å²) in [4.78, 5) is 0. The van der Waals surface area contributed by atoms with Gasteiger partial charge in [-0.3, -0.25) is 0 Å². The van der Waals surface area contributed by atoms with Crippen molar-refractivity contribution >= 4 is 9.84 Å². The van der Waals surface area contributed by atoms with Crippen LogP contribution in [0.3, 0.4) is 0 Å². The molecule has 0 saturated carbocycles. The van der Waals surface area contributed by atoms with Crippen LogP contribution in [0.5, 0.6) is 0 Å². The minimum absolute atomic E-state index is 0.337. The molecule has 3 nitrogen and oxygen atoms in total. The van der Waals surface area contributed by atoms with Gasteiger partial charge in [-0.2, -0.15) is 0 Å². The van der Waals surface area contributed by atoms with E-state index in [9.17, 15) is 13.5 Å². The van der Waals surface area contributed by atoms with E-state index in [0.717, 1.165) is 6.26 Å². The summed E-state index contributed by atoms with van der Waals surface area (Å²) in [7, 11) is -3.06. The Morgan fingerprint density at radius 2 is 2.00 bits per heavy atom. The van der Waals surface area contributed by atoms with Crippen molar-refractivity contribution in [1.82, 2.24) is 0 Å². The normalized spacial score (nSPS) is 9.62. The first-order valence-corrected chi connectivity index (χ1v) is 3.90. The zero-order chi connectivity index (χ0) is 6.62. The first kappa shape index (κ1) is 7.31. The fourth-order valence-corrected chi connectivity index (χ4v) is 0.482. The van der Waals surface area contributed by atoms with E-state index in [4.69, 9.17) is 0 Å². The Hall–Kier alpha value is -0.690. The van der Waals surface area contributed by atoms with Crippen LogP contribution in [0, 0.1) is 12.0 Å². The third kappa shape index (κ3) is 5.31. The lowest BCUT2D eigenvalue weighted by atomic mass is 10.8. The molecule has 45 valence electrons. The van der Waals surface area contributed by atoms with Gasteiger partial charge in [0.1, 0.15) is 5.75 Å². The summed E-state index contributed by atoms with van der Waals surface area (Å²) in [5, 5.41) is 9.35. The van der Waals surface area contributed by atoms with E-state index < -0.39 is 9.84 Å². The van der Waals surface area contributed by atoms with Crippen molar-refractivity contribution < 1.29 is 13.5 Å².